The lowest BCUT2D eigenvalue weighted by atomic mass is 10.1. The van der Waals surface area contributed by atoms with E-state index in [0.717, 1.165) is 11.1 Å². The molecule has 4 nitrogen and oxygen atoms in total. The second-order valence-corrected chi connectivity index (χ2v) is 3.44. The molecule has 0 heterocycles. The highest BCUT2D eigenvalue weighted by Gasteiger charge is 2.12. The first-order valence-electron chi connectivity index (χ1n) is 5.37. The van der Waals surface area contributed by atoms with Gasteiger partial charge in [-0.05, 0) is 11.6 Å². The maximum absolute atomic E-state index is 5.47. The zero-order chi connectivity index (χ0) is 12.7. The minimum Gasteiger partial charge on any atom is -0.493 e. The van der Waals surface area contributed by atoms with Gasteiger partial charge in [0.25, 0.3) is 0 Å². The van der Waals surface area contributed by atoms with E-state index in [9.17, 15) is 0 Å². The number of ether oxygens (including phenoxy) is 3. The van der Waals surface area contributed by atoms with E-state index in [1.807, 2.05) is 24.3 Å². The number of methoxy groups -OCH3 is 3. The van der Waals surface area contributed by atoms with Crippen molar-refractivity contribution in [3.63, 3.8) is 0 Å². The SMILES string of the molecule is COCc1ccc(OC)c(OC)c1/C=C/CN. The number of nitrogens with two attached hydrogens (primary N) is 1. The number of rotatable bonds is 6. The molecule has 4 heteroatoms. The van der Waals surface area contributed by atoms with Gasteiger partial charge in [-0.2, -0.15) is 0 Å². The lowest BCUT2D eigenvalue weighted by Gasteiger charge is -2.14. The van der Waals surface area contributed by atoms with E-state index < -0.39 is 0 Å². The zero-order valence-corrected chi connectivity index (χ0v) is 10.5. The molecule has 0 atom stereocenters. The third-order valence-electron chi connectivity index (χ3n) is 2.39. The van der Waals surface area contributed by atoms with Crippen LogP contribution < -0.4 is 15.2 Å². The molecule has 0 aliphatic rings. The van der Waals surface area contributed by atoms with Gasteiger partial charge in [-0.1, -0.05) is 18.2 Å². The average molecular weight is 237 g/mol. The molecule has 2 N–H and O–H groups in total. The molecule has 0 aromatic heterocycles. The fourth-order valence-electron chi connectivity index (χ4n) is 1.64. The summed E-state index contributed by atoms with van der Waals surface area (Å²) in [5, 5.41) is 0. The van der Waals surface area contributed by atoms with Gasteiger partial charge >= 0.3 is 0 Å². The topological polar surface area (TPSA) is 53.7 Å². The molecular weight excluding hydrogens is 218 g/mol. The van der Waals surface area contributed by atoms with Crippen LogP contribution in [0.2, 0.25) is 0 Å². The van der Waals surface area contributed by atoms with Gasteiger partial charge in [0.1, 0.15) is 0 Å². The lowest BCUT2D eigenvalue weighted by molar-refractivity contribution is 0.184. The summed E-state index contributed by atoms with van der Waals surface area (Å²) >= 11 is 0. The van der Waals surface area contributed by atoms with Gasteiger partial charge in [0.15, 0.2) is 11.5 Å². The van der Waals surface area contributed by atoms with Crippen molar-refractivity contribution in [3.8, 4) is 11.5 Å². The van der Waals surface area contributed by atoms with E-state index in [4.69, 9.17) is 19.9 Å². The molecule has 1 aromatic carbocycles. The molecule has 17 heavy (non-hydrogen) atoms. The first kappa shape index (κ1) is 13.5. The van der Waals surface area contributed by atoms with Crippen LogP contribution in [0.5, 0.6) is 11.5 Å². The van der Waals surface area contributed by atoms with Gasteiger partial charge in [-0.25, -0.2) is 0 Å². The van der Waals surface area contributed by atoms with Crippen molar-refractivity contribution in [2.45, 2.75) is 6.61 Å². The van der Waals surface area contributed by atoms with Crippen molar-refractivity contribution in [1.29, 1.82) is 0 Å². The van der Waals surface area contributed by atoms with E-state index in [1.54, 1.807) is 21.3 Å². The molecule has 1 rings (SSSR count). The first-order valence-corrected chi connectivity index (χ1v) is 5.37. The maximum atomic E-state index is 5.47. The molecule has 94 valence electrons. The number of hydrogen-bond acceptors (Lipinski definition) is 4. The Kier molecular flexibility index (Phi) is 5.52. The molecule has 0 fully saturated rings. The summed E-state index contributed by atoms with van der Waals surface area (Å²) in [5.41, 5.74) is 7.45. The summed E-state index contributed by atoms with van der Waals surface area (Å²) in [4.78, 5) is 0. The summed E-state index contributed by atoms with van der Waals surface area (Å²) in [6.45, 7) is 0.997. The highest BCUT2D eigenvalue weighted by molar-refractivity contribution is 5.66. The molecular formula is C13H19NO3. The van der Waals surface area contributed by atoms with Gasteiger partial charge in [0.2, 0.25) is 0 Å². The van der Waals surface area contributed by atoms with Gasteiger partial charge in [0, 0.05) is 19.2 Å². The van der Waals surface area contributed by atoms with E-state index in [2.05, 4.69) is 0 Å². The van der Waals surface area contributed by atoms with Crippen LogP contribution in [0.3, 0.4) is 0 Å². The summed E-state index contributed by atoms with van der Waals surface area (Å²) in [6, 6.07) is 3.83. The fraction of sp³-hybridized carbons (Fsp3) is 0.385. The first-order chi connectivity index (χ1) is 8.28. The van der Waals surface area contributed by atoms with Crippen molar-refractivity contribution in [2.75, 3.05) is 27.9 Å². The van der Waals surface area contributed by atoms with Crippen LogP contribution in [-0.2, 0) is 11.3 Å². The van der Waals surface area contributed by atoms with E-state index in [-0.39, 0.29) is 0 Å². The normalized spacial score (nSPS) is 10.8. The second kappa shape index (κ2) is 6.93. The highest BCUT2D eigenvalue weighted by atomic mass is 16.5. The van der Waals surface area contributed by atoms with Gasteiger partial charge in [0.05, 0.1) is 20.8 Å². The van der Waals surface area contributed by atoms with Crippen molar-refractivity contribution in [1.82, 2.24) is 0 Å². The molecule has 0 aliphatic carbocycles. The van der Waals surface area contributed by atoms with Crippen molar-refractivity contribution in [2.24, 2.45) is 5.73 Å². The van der Waals surface area contributed by atoms with Crippen LogP contribution in [0, 0.1) is 0 Å². The van der Waals surface area contributed by atoms with E-state index in [1.165, 1.54) is 0 Å². The Morgan fingerprint density at radius 3 is 2.47 bits per heavy atom. The van der Waals surface area contributed by atoms with Gasteiger partial charge in [-0.3, -0.25) is 0 Å². The quantitative estimate of drug-likeness (QED) is 0.820. The van der Waals surface area contributed by atoms with Crippen LogP contribution in [-0.4, -0.2) is 27.9 Å². The Balaban J connectivity index is 3.27. The lowest BCUT2D eigenvalue weighted by Crippen LogP contribution is -1.99. The molecule has 0 aliphatic heterocycles. The monoisotopic (exact) mass is 237 g/mol. The van der Waals surface area contributed by atoms with Crippen LogP contribution in [0.25, 0.3) is 6.08 Å². The molecule has 1 aromatic rings. The summed E-state index contributed by atoms with van der Waals surface area (Å²) in [6.07, 6.45) is 3.80. The summed E-state index contributed by atoms with van der Waals surface area (Å²) in [5.74, 6) is 1.40. The van der Waals surface area contributed by atoms with E-state index in [0.29, 0.717) is 24.7 Å². The number of hydrogen-bond donors (Lipinski definition) is 1. The predicted octanol–water partition coefficient (Wildman–Crippen LogP) is 1.82. The van der Waals surface area contributed by atoms with Crippen molar-refractivity contribution >= 4 is 6.08 Å². The smallest absolute Gasteiger partial charge is 0.168 e. The molecule has 0 saturated heterocycles. The van der Waals surface area contributed by atoms with Crippen molar-refractivity contribution in [3.05, 3.63) is 29.3 Å². The Morgan fingerprint density at radius 1 is 1.18 bits per heavy atom. The maximum Gasteiger partial charge on any atom is 0.168 e. The summed E-state index contributed by atoms with van der Waals surface area (Å²) in [7, 11) is 4.89. The van der Waals surface area contributed by atoms with Crippen molar-refractivity contribution < 1.29 is 14.2 Å². The minimum atomic E-state index is 0.479. The predicted molar refractivity (Wildman–Crippen MR) is 68.3 cm³/mol. The molecule has 0 amide bonds. The Labute approximate surface area is 102 Å². The zero-order valence-electron chi connectivity index (χ0n) is 10.5. The molecule has 0 spiro atoms. The second-order valence-electron chi connectivity index (χ2n) is 3.44. The Bertz CT molecular complexity index is 388. The van der Waals surface area contributed by atoms with Gasteiger partial charge in [-0.15, -0.1) is 0 Å². The Morgan fingerprint density at radius 2 is 1.94 bits per heavy atom. The Hall–Kier alpha value is -1.52. The molecule has 0 bridgehead atoms. The third-order valence-corrected chi connectivity index (χ3v) is 2.39. The van der Waals surface area contributed by atoms with Gasteiger partial charge < -0.3 is 19.9 Å². The summed E-state index contributed by atoms with van der Waals surface area (Å²) < 4.78 is 15.8. The number of benzene rings is 1. The highest BCUT2D eigenvalue weighted by Crippen LogP contribution is 2.34. The minimum absolute atomic E-state index is 0.479. The van der Waals surface area contributed by atoms with E-state index >= 15 is 0 Å². The molecule has 0 unspecified atom stereocenters. The van der Waals surface area contributed by atoms with Crippen LogP contribution in [0.4, 0.5) is 0 Å². The largest absolute Gasteiger partial charge is 0.493 e. The van der Waals surface area contributed by atoms with Crippen LogP contribution in [0.1, 0.15) is 11.1 Å². The van der Waals surface area contributed by atoms with Crippen LogP contribution in [0.15, 0.2) is 18.2 Å². The molecule has 0 saturated carbocycles. The fourth-order valence-corrected chi connectivity index (χ4v) is 1.64. The van der Waals surface area contributed by atoms with Crippen LogP contribution >= 0.6 is 0 Å². The standard InChI is InChI=1S/C13H19NO3/c1-15-9-10-6-7-12(16-2)13(17-3)11(10)5-4-8-14/h4-7H,8-9,14H2,1-3H3/b5-4+. The molecule has 0 radical (unpaired) electrons. The average Bonchev–Trinajstić information content (AvgIpc) is 2.36. The third kappa shape index (κ3) is 3.22.